The summed E-state index contributed by atoms with van der Waals surface area (Å²) in [6.07, 6.45) is 1.56. The number of anilines is 1. The van der Waals surface area contributed by atoms with E-state index in [1.807, 2.05) is 6.92 Å². The molecule has 1 aliphatic heterocycles. The van der Waals surface area contributed by atoms with Gasteiger partial charge >= 0.3 is 0 Å². The van der Waals surface area contributed by atoms with Gasteiger partial charge in [0.15, 0.2) is 0 Å². The lowest BCUT2D eigenvalue weighted by Gasteiger charge is -2.30. The molecule has 1 aromatic rings. The molecule has 2 nitrogen and oxygen atoms in total. The first-order valence-corrected chi connectivity index (χ1v) is 5.27. The van der Waals surface area contributed by atoms with Crippen molar-refractivity contribution < 1.29 is 5.11 Å². The van der Waals surface area contributed by atoms with Gasteiger partial charge in [-0.2, -0.15) is 0 Å². The normalized spacial score (nSPS) is 25.4. The molecule has 0 amide bonds. The molecule has 1 heterocycles. The molecular weight excluding hydrogens is 174 g/mol. The number of benzene rings is 1. The summed E-state index contributed by atoms with van der Waals surface area (Å²) in [5, 5.41) is 13.1. The van der Waals surface area contributed by atoms with Crippen LogP contribution in [0.15, 0.2) is 18.2 Å². The topological polar surface area (TPSA) is 32.3 Å². The van der Waals surface area contributed by atoms with Gasteiger partial charge in [0.05, 0.1) is 6.10 Å². The smallest absolute Gasteiger partial charge is 0.0779 e. The molecule has 0 aromatic heterocycles. The number of rotatable bonds is 1. The van der Waals surface area contributed by atoms with E-state index in [1.165, 1.54) is 16.8 Å². The third-order valence-corrected chi connectivity index (χ3v) is 3.00. The zero-order valence-corrected chi connectivity index (χ0v) is 8.75. The Balaban J connectivity index is 2.41. The molecule has 0 saturated carbocycles. The molecule has 2 rings (SSSR count). The van der Waals surface area contributed by atoms with Gasteiger partial charge in [0.1, 0.15) is 0 Å². The number of hydrogen-bond donors (Lipinski definition) is 2. The molecule has 2 atom stereocenters. The highest BCUT2D eigenvalue weighted by atomic mass is 16.3. The van der Waals surface area contributed by atoms with E-state index in [-0.39, 0.29) is 12.1 Å². The maximum atomic E-state index is 9.73. The van der Waals surface area contributed by atoms with Gasteiger partial charge in [-0.3, -0.25) is 0 Å². The van der Waals surface area contributed by atoms with Gasteiger partial charge in [-0.15, -0.1) is 0 Å². The average Bonchev–Trinajstić information content (AvgIpc) is 2.19. The minimum absolute atomic E-state index is 0.162. The van der Waals surface area contributed by atoms with Crippen molar-refractivity contribution in [1.82, 2.24) is 0 Å². The predicted molar refractivity (Wildman–Crippen MR) is 58.6 cm³/mol. The van der Waals surface area contributed by atoms with E-state index in [4.69, 9.17) is 0 Å². The lowest BCUT2D eigenvalue weighted by atomic mass is 9.93. The maximum Gasteiger partial charge on any atom is 0.0779 e. The van der Waals surface area contributed by atoms with E-state index in [0.29, 0.717) is 0 Å². The zero-order valence-electron chi connectivity index (χ0n) is 8.75. The van der Waals surface area contributed by atoms with Gasteiger partial charge in [-0.05, 0) is 24.5 Å². The van der Waals surface area contributed by atoms with Crippen LogP contribution in [0.5, 0.6) is 0 Å². The fourth-order valence-electron chi connectivity index (χ4n) is 2.03. The summed E-state index contributed by atoms with van der Waals surface area (Å²) in [6.45, 7) is 4.19. The summed E-state index contributed by atoms with van der Waals surface area (Å²) < 4.78 is 0. The fourth-order valence-corrected chi connectivity index (χ4v) is 2.03. The van der Waals surface area contributed by atoms with Crippen LogP contribution < -0.4 is 5.32 Å². The molecule has 0 fully saturated rings. The van der Waals surface area contributed by atoms with Crippen LogP contribution in [-0.2, 0) is 12.8 Å². The van der Waals surface area contributed by atoms with Crippen LogP contribution in [-0.4, -0.2) is 17.3 Å². The van der Waals surface area contributed by atoms with Crippen LogP contribution in [0.2, 0.25) is 0 Å². The largest absolute Gasteiger partial charge is 0.391 e. The molecule has 2 N–H and O–H groups in total. The van der Waals surface area contributed by atoms with E-state index < -0.39 is 0 Å². The van der Waals surface area contributed by atoms with Gasteiger partial charge in [0.2, 0.25) is 0 Å². The van der Waals surface area contributed by atoms with Crippen LogP contribution in [0.1, 0.15) is 25.0 Å². The number of fused-ring (bicyclic) bond motifs is 1. The van der Waals surface area contributed by atoms with Crippen molar-refractivity contribution in [2.75, 3.05) is 5.32 Å². The van der Waals surface area contributed by atoms with Gasteiger partial charge in [0.25, 0.3) is 0 Å². The highest BCUT2D eigenvalue weighted by molar-refractivity contribution is 5.60. The molecule has 2 unspecified atom stereocenters. The second kappa shape index (κ2) is 3.62. The third kappa shape index (κ3) is 1.50. The van der Waals surface area contributed by atoms with Crippen molar-refractivity contribution in [3.05, 3.63) is 29.3 Å². The molecule has 0 spiro atoms. The first-order valence-electron chi connectivity index (χ1n) is 5.27. The molecule has 1 aromatic carbocycles. The van der Waals surface area contributed by atoms with Crippen molar-refractivity contribution in [1.29, 1.82) is 0 Å². The van der Waals surface area contributed by atoms with Crippen molar-refractivity contribution in [2.45, 2.75) is 38.8 Å². The first kappa shape index (κ1) is 9.53. The van der Waals surface area contributed by atoms with Crippen LogP contribution in [0.4, 0.5) is 5.69 Å². The number of aliphatic hydroxyl groups is 1. The predicted octanol–water partition coefficient (Wildman–Crippen LogP) is 1.97. The third-order valence-electron chi connectivity index (χ3n) is 3.00. The monoisotopic (exact) mass is 191 g/mol. The van der Waals surface area contributed by atoms with Gasteiger partial charge in [-0.1, -0.05) is 25.1 Å². The van der Waals surface area contributed by atoms with E-state index in [0.717, 1.165) is 12.8 Å². The SMILES string of the molecule is CCc1cccc2c1NC(C)C(O)C2. The molecule has 0 bridgehead atoms. The van der Waals surface area contributed by atoms with E-state index in [2.05, 4.69) is 30.4 Å². The second-order valence-electron chi connectivity index (χ2n) is 4.01. The fraction of sp³-hybridized carbons (Fsp3) is 0.500. The lowest BCUT2D eigenvalue weighted by Crippen LogP contribution is -2.37. The molecular formula is C12H17NO. The summed E-state index contributed by atoms with van der Waals surface area (Å²) >= 11 is 0. The Morgan fingerprint density at radius 2 is 2.29 bits per heavy atom. The summed E-state index contributed by atoms with van der Waals surface area (Å²) in [5.41, 5.74) is 3.84. The molecule has 1 aliphatic rings. The van der Waals surface area contributed by atoms with Gasteiger partial charge in [0, 0.05) is 18.2 Å². The van der Waals surface area contributed by atoms with Gasteiger partial charge in [-0.25, -0.2) is 0 Å². The Hall–Kier alpha value is -1.02. The molecule has 0 saturated heterocycles. The molecule has 76 valence electrons. The van der Waals surface area contributed by atoms with Crippen molar-refractivity contribution in [2.24, 2.45) is 0 Å². The Morgan fingerprint density at radius 3 is 3.00 bits per heavy atom. The average molecular weight is 191 g/mol. The molecule has 14 heavy (non-hydrogen) atoms. The zero-order chi connectivity index (χ0) is 10.1. The minimum atomic E-state index is -0.255. The Kier molecular flexibility index (Phi) is 2.46. The van der Waals surface area contributed by atoms with Crippen LogP contribution in [0.3, 0.4) is 0 Å². The number of hydrogen-bond acceptors (Lipinski definition) is 2. The summed E-state index contributed by atoms with van der Waals surface area (Å²) in [6, 6.07) is 6.48. The van der Waals surface area contributed by atoms with Crippen molar-refractivity contribution in [3.63, 3.8) is 0 Å². The standard InChI is InChI=1S/C12H17NO/c1-3-9-5-4-6-10-7-11(14)8(2)13-12(9)10/h4-6,8,11,13-14H,3,7H2,1-2H3. The summed E-state index contributed by atoms with van der Waals surface area (Å²) in [5.74, 6) is 0. The van der Waals surface area contributed by atoms with Crippen LogP contribution >= 0.6 is 0 Å². The van der Waals surface area contributed by atoms with Gasteiger partial charge < -0.3 is 10.4 Å². The van der Waals surface area contributed by atoms with Crippen molar-refractivity contribution in [3.8, 4) is 0 Å². The highest BCUT2D eigenvalue weighted by Gasteiger charge is 2.23. The minimum Gasteiger partial charge on any atom is -0.391 e. The maximum absolute atomic E-state index is 9.73. The van der Waals surface area contributed by atoms with Crippen LogP contribution in [0, 0.1) is 0 Å². The molecule has 0 radical (unpaired) electrons. The summed E-state index contributed by atoms with van der Waals surface area (Å²) in [7, 11) is 0. The Bertz CT molecular complexity index is 335. The second-order valence-corrected chi connectivity index (χ2v) is 4.01. The molecule has 0 aliphatic carbocycles. The molecule has 2 heteroatoms. The number of aryl methyl sites for hydroxylation is 1. The number of aliphatic hydroxyl groups excluding tert-OH is 1. The van der Waals surface area contributed by atoms with E-state index in [1.54, 1.807) is 0 Å². The van der Waals surface area contributed by atoms with Crippen molar-refractivity contribution >= 4 is 5.69 Å². The highest BCUT2D eigenvalue weighted by Crippen LogP contribution is 2.28. The summed E-state index contributed by atoms with van der Waals surface area (Å²) in [4.78, 5) is 0. The van der Waals surface area contributed by atoms with E-state index in [9.17, 15) is 5.11 Å². The number of nitrogens with one attached hydrogen (secondary N) is 1. The van der Waals surface area contributed by atoms with E-state index >= 15 is 0 Å². The first-order chi connectivity index (χ1) is 6.72. The lowest BCUT2D eigenvalue weighted by molar-refractivity contribution is 0.154. The Labute approximate surface area is 85.0 Å². The quantitative estimate of drug-likeness (QED) is 0.711. The number of para-hydroxylation sites is 1. The Morgan fingerprint density at radius 1 is 1.50 bits per heavy atom. The van der Waals surface area contributed by atoms with Crippen LogP contribution in [0.25, 0.3) is 0 Å².